The molecule has 1 aromatic carbocycles. The van der Waals surface area contributed by atoms with Crippen molar-refractivity contribution in [3.05, 3.63) is 35.4 Å². The van der Waals surface area contributed by atoms with Gasteiger partial charge in [0, 0.05) is 17.3 Å². The van der Waals surface area contributed by atoms with E-state index in [2.05, 4.69) is 36.1 Å². The highest BCUT2D eigenvalue weighted by Crippen LogP contribution is 2.26. The third-order valence-electron chi connectivity index (χ3n) is 2.60. The molecule has 0 saturated heterocycles. The van der Waals surface area contributed by atoms with Gasteiger partial charge in [-0.05, 0) is 17.3 Å². The van der Waals surface area contributed by atoms with Gasteiger partial charge in [-0.3, -0.25) is 5.10 Å². The summed E-state index contributed by atoms with van der Waals surface area (Å²) in [6, 6.07) is 5.55. The smallest absolute Gasteiger partial charge is 0.216 e. The van der Waals surface area contributed by atoms with Crippen molar-refractivity contribution in [2.75, 3.05) is 5.32 Å². The number of anilines is 1. The number of allylic oxidation sites excluding steroid dienone is 1. The molecule has 0 unspecified atom stereocenters. The lowest BCUT2D eigenvalue weighted by Gasteiger charge is -2.02. The molecule has 0 saturated carbocycles. The minimum absolute atomic E-state index is 0.216. The fourth-order valence-electron chi connectivity index (χ4n) is 1.67. The Labute approximate surface area is 117 Å². The SMILES string of the molecule is N#CC(=CNc1cc(Cl)c2cn[nH]c2c1)c1nn[nH]n1. The second kappa shape index (κ2) is 4.99. The predicted molar refractivity (Wildman–Crippen MR) is 72.5 cm³/mol. The van der Waals surface area contributed by atoms with Crippen LogP contribution in [0, 0.1) is 11.3 Å². The van der Waals surface area contributed by atoms with Gasteiger partial charge in [-0.2, -0.15) is 15.6 Å². The Morgan fingerprint density at radius 2 is 2.35 bits per heavy atom. The van der Waals surface area contributed by atoms with E-state index in [0.717, 1.165) is 10.9 Å². The fourth-order valence-corrected chi connectivity index (χ4v) is 1.94. The van der Waals surface area contributed by atoms with Crippen LogP contribution >= 0.6 is 11.6 Å². The number of rotatable bonds is 3. The zero-order valence-electron chi connectivity index (χ0n) is 9.92. The van der Waals surface area contributed by atoms with E-state index >= 15 is 0 Å². The maximum atomic E-state index is 9.05. The van der Waals surface area contributed by atoms with E-state index in [1.165, 1.54) is 6.20 Å². The Hall–Kier alpha value is -2.92. The number of aromatic amines is 2. The topological polar surface area (TPSA) is 119 Å². The highest BCUT2D eigenvalue weighted by atomic mass is 35.5. The summed E-state index contributed by atoms with van der Waals surface area (Å²) in [5.74, 6) is 0.216. The normalized spacial score (nSPS) is 11.5. The van der Waals surface area contributed by atoms with Crippen molar-refractivity contribution in [2.24, 2.45) is 0 Å². The molecule has 0 amide bonds. The first-order valence-electron chi connectivity index (χ1n) is 5.51. The minimum atomic E-state index is 0.216. The highest BCUT2D eigenvalue weighted by Gasteiger charge is 2.07. The predicted octanol–water partition coefficient (Wildman–Crippen LogP) is 1.71. The molecule has 20 heavy (non-hydrogen) atoms. The van der Waals surface area contributed by atoms with E-state index in [9.17, 15) is 0 Å². The molecule has 0 fully saturated rings. The monoisotopic (exact) mass is 286 g/mol. The summed E-state index contributed by atoms with van der Waals surface area (Å²) in [5, 5.41) is 33.3. The number of halogens is 1. The van der Waals surface area contributed by atoms with Crippen molar-refractivity contribution < 1.29 is 0 Å². The van der Waals surface area contributed by atoms with Gasteiger partial charge in [0.1, 0.15) is 11.6 Å². The number of nitrogens with zero attached hydrogens (tertiary/aromatic N) is 5. The van der Waals surface area contributed by atoms with Crippen LogP contribution in [0.15, 0.2) is 24.5 Å². The molecule has 0 aliphatic heterocycles. The van der Waals surface area contributed by atoms with Crippen LogP contribution in [0.2, 0.25) is 5.02 Å². The summed E-state index contributed by atoms with van der Waals surface area (Å²) in [6.07, 6.45) is 3.13. The van der Waals surface area contributed by atoms with Gasteiger partial charge >= 0.3 is 0 Å². The number of nitriles is 1. The first kappa shape index (κ1) is 12.1. The van der Waals surface area contributed by atoms with Crippen molar-refractivity contribution in [3.8, 4) is 6.07 Å². The average Bonchev–Trinajstić information content (AvgIpc) is 3.10. The lowest BCUT2D eigenvalue weighted by atomic mass is 10.2. The number of hydrogen-bond acceptors (Lipinski definition) is 6. The second-order valence-electron chi connectivity index (χ2n) is 3.84. The summed E-state index contributed by atoms with van der Waals surface area (Å²) in [7, 11) is 0. The quantitative estimate of drug-likeness (QED) is 0.631. The lowest BCUT2D eigenvalue weighted by molar-refractivity contribution is 0.881. The molecule has 2 heterocycles. The van der Waals surface area contributed by atoms with E-state index in [0.29, 0.717) is 10.7 Å². The third-order valence-corrected chi connectivity index (χ3v) is 2.91. The van der Waals surface area contributed by atoms with Gasteiger partial charge in [-0.15, -0.1) is 10.2 Å². The molecule has 2 aromatic heterocycles. The highest BCUT2D eigenvalue weighted by molar-refractivity contribution is 6.35. The Morgan fingerprint density at radius 3 is 3.10 bits per heavy atom. The van der Waals surface area contributed by atoms with E-state index in [1.54, 1.807) is 12.3 Å². The summed E-state index contributed by atoms with van der Waals surface area (Å²) >= 11 is 6.13. The summed E-state index contributed by atoms with van der Waals surface area (Å²) in [5.41, 5.74) is 1.76. The van der Waals surface area contributed by atoms with Crippen molar-refractivity contribution in [1.29, 1.82) is 5.26 Å². The Kier molecular flexibility index (Phi) is 3.02. The van der Waals surface area contributed by atoms with E-state index in [1.807, 2.05) is 12.1 Å². The molecule has 0 aliphatic rings. The molecule has 9 heteroatoms. The molecule has 0 atom stereocenters. The molecular formula is C11H7ClN8. The van der Waals surface area contributed by atoms with Crippen LogP contribution in [-0.4, -0.2) is 30.8 Å². The Bertz CT molecular complexity index is 811. The minimum Gasteiger partial charge on any atom is -0.360 e. The fraction of sp³-hybridized carbons (Fsp3) is 0. The molecule has 8 nitrogen and oxygen atoms in total. The molecule has 0 aliphatic carbocycles. The van der Waals surface area contributed by atoms with Gasteiger partial charge in [-0.25, -0.2) is 0 Å². The standard InChI is InChI=1S/C11H7ClN8/c12-9-1-7(2-10-8(9)5-15-16-10)14-4-6(3-13)11-17-19-20-18-11/h1-2,4-5,14H,(H,15,16)(H,17,18,19,20). The molecular weight excluding hydrogens is 280 g/mol. The van der Waals surface area contributed by atoms with Gasteiger partial charge in [-0.1, -0.05) is 11.6 Å². The summed E-state index contributed by atoms with van der Waals surface area (Å²) in [6.45, 7) is 0. The summed E-state index contributed by atoms with van der Waals surface area (Å²) < 4.78 is 0. The van der Waals surface area contributed by atoms with E-state index in [-0.39, 0.29) is 11.4 Å². The first-order chi connectivity index (χ1) is 9.78. The zero-order chi connectivity index (χ0) is 13.9. The Morgan fingerprint density at radius 1 is 1.45 bits per heavy atom. The number of tetrazole rings is 1. The van der Waals surface area contributed by atoms with Crippen LogP contribution in [0.25, 0.3) is 16.5 Å². The maximum Gasteiger partial charge on any atom is 0.216 e. The average molecular weight is 287 g/mol. The second-order valence-corrected chi connectivity index (χ2v) is 4.25. The first-order valence-corrected chi connectivity index (χ1v) is 5.89. The van der Waals surface area contributed by atoms with Crippen LogP contribution in [0.4, 0.5) is 5.69 Å². The number of H-pyrrole nitrogens is 2. The molecule has 0 radical (unpaired) electrons. The van der Waals surface area contributed by atoms with Gasteiger partial charge in [0.05, 0.1) is 16.7 Å². The number of aromatic nitrogens is 6. The van der Waals surface area contributed by atoms with Crippen molar-refractivity contribution in [2.45, 2.75) is 0 Å². The number of fused-ring (bicyclic) bond motifs is 1. The molecule has 3 N–H and O–H groups in total. The number of hydrogen-bond donors (Lipinski definition) is 3. The number of benzene rings is 1. The third kappa shape index (κ3) is 2.17. The lowest BCUT2D eigenvalue weighted by Crippen LogP contribution is -1.93. The van der Waals surface area contributed by atoms with Crippen LogP contribution in [0.1, 0.15) is 5.82 Å². The van der Waals surface area contributed by atoms with Crippen molar-refractivity contribution in [1.82, 2.24) is 30.8 Å². The van der Waals surface area contributed by atoms with Gasteiger partial charge in [0.25, 0.3) is 0 Å². The molecule has 3 rings (SSSR count). The maximum absolute atomic E-state index is 9.05. The van der Waals surface area contributed by atoms with Crippen LogP contribution in [0.3, 0.4) is 0 Å². The van der Waals surface area contributed by atoms with Gasteiger partial charge < -0.3 is 5.32 Å². The van der Waals surface area contributed by atoms with Gasteiger partial charge in [0.2, 0.25) is 5.82 Å². The van der Waals surface area contributed by atoms with Crippen molar-refractivity contribution in [3.63, 3.8) is 0 Å². The largest absolute Gasteiger partial charge is 0.360 e. The number of nitrogens with one attached hydrogen (secondary N) is 3. The van der Waals surface area contributed by atoms with Gasteiger partial charge in [0.15, 0.2) is 0 Å². The molecule has 0 spiro atoms. The van der Waals surface area contributed by atoms with Crippen molar-refractivity contribution >= 4 is 33.8 Å². The zero-order valence-corrected chi connectivity index (χ0v) is 10.7. The molecule has 3 aromatic rings. The summed E-state index contributed by atoms with van der Waals surface area (Å²) in [4.78, 5) is 0. The van der Waals surface area contributed by atoms with Crippen LogP contribution in [-0.2, 0) is 0 Å². The Balaban J connectivity index is 1.91. The molecule has 98 valence electrons. The van der Waals surface area contributed by atoms with E-state index < -0.39 is 0 Å². The van der Waals surface area contributed by atoms with Crippen LogP contribution in [0.5, 0.6) is 0 Å². The molecule has 0 bridgehead atoms. The van der Waals surface area contributed by atoms with E-state index in [4.69, 9.17) is 16.9 Å². The van der Waals surface area contributed by atoms with Crippen LogP contribution < -0.4 is 5.32 Å².